The summed E-state index contributed by atoms with van der Waals surface area (Å²) < 4.78 is 15.0. The first kappa shape index (κ1) is 15.0. The zero-order valence-corrected chi connectivity index (χ0v) is 13.9. The first-order chi connectivity index (χ1) is 11.0. The van der Waals surface area contributed by atoms with Crippen molar-refractivity contribution in [2.75, 3.05) is 6.61 Å². The van der Waals surface area contributed by atoms with Crippen LogP contribution in [-0.2, 0) is 21.3 Å². The Morgan fingerprint density at radius 1 is 1.35 bits per heavy atom. The minimum atomic E-state index is -0.718. The van der Waals surface area contributed by atoms with Crippen molar-refractivity contribution >= 4 is 29.6 Å². The van der Waals surface area contributed by atoms with Gasteiger partial charge in [0.15, 0.2) is 16.4 Å². The number of Topliss-reactive ketones (excluding diaryl/α,β-unsaturated/α-hetero) is 1. The maximum absolute atomic E-state index is 12.0. The molecule has 0 saturated carbocycles. The van der Waals surface area contributed by atoms with E-state index in [2.05, 4.69) is 5.10 Å². The molecule has 0 radical (unpaired) electrons. The minimum Gasteiger partial charge on any atom is -0.343 e. The summed E-state index contributed by atoms with van der Waals surface area (Å²) in [7, 11) is 1.86. The molecule has 2 bridgehead atoms. The first-order valence-corrected chi connectivity index (χ1v) is 8.04. The highest BCUT2D eigenvalue weighted by Crippen LogP contribution is 2.33. The van der Waals surface area contributed by atoms with Gasteiger partial charge in [-0.05, 0) is 36.5 Å². The largest absolute Gasteiger partial charge is 0.343 e. The molecule has 3 atom stereocenters. The maximum atomic E-state index is 12.0. The van der Waals surface area contributed by atoms with E-state index in [0.717, 1.165) is 11.4 Å². The predicted octanol–water partition coefficient (Wildman–Crippen LogP) is 2.53. The minimum absolute atomic E-state index is 0.0654. The van der Waals surface area contributed by atoms with Crippen LogP contribution in [0, 0.1) is 4.77 Å². The van der Waals surface area contributed by atoms with Crippen molar-refractivity contribution in [2.45, 2.75) is 24.9 Å². The Hall–Kier alpha value is -1.54. The van der Waals surface area contributed by atoms with E-state index in [9.17, 15) is 4.79 Å². The average Bonchev–Trinajstić information content (AvgIpc) is 3.09. The van der Waals surface area contributed by atoms with Gasteiger partial charge in [0.2, 0.25) is 6.29 Å². The zero-order chi connectivity index (χ0) is 16.1. The van der Waals surface area contributed by atoms with Gasteiger partial charge in [-0.25, -0.2) is 4.68 Å². The molecule has 0 amide bonds. The van der Waals surface area contributed by atoms with Gasteiger partial charge in [-0.1, -0.05) is 11.6 Å². The lowest BCUT2D eigenvalue weighted by Crippen LogP contribution is -2.37. The molecule has 2 saturated heterocycles. The van der Waals surface area contributed by atoms with Gasteiger partial charge >= 0.3 is 0 Å². The van der Waals surface area contributed by atoms with E-state index < -0.39 is 6.29 Å². The molecule has 1 aromatic carbocycles. The molecule has 0 spiro atoms. The van der Waals surface area contributed by atoms with Crippen LogP contribution in [0.3, 0.4) is 0 Å². The van der Waals surface area contributed by atoms with Crippen molar-refractivity contribution in [3.63, 3.8) is 0 Å². The lowest BCUT2D eigenvalue weighted by molar-refractivity contribution is -0.156. The number of benzene rings is 1. The topological polar surface area (TPSA) is 58.3 Å². The normalized spacial score (nSPS) is 26.7. The Labute approximate surface area is 142 Å². The van der Waals surface area contributed by atoms with Gasteiger partial charge in [-0.2, -0.15) is 5.10 Å². The molecule has 23 heavy (non-hydrogen) atoms. The summed E-state index contributed by atoms with van der Waals surface area (Å²) in [4.78, 5) is 12.0. The molecule has 3 heterocycles. The van der Waals surface area contributed by atoms with Crippen molar-refractivity contribution in [1.82, 2.24) is 14.3 Å². The van der Waals surface area contributed by atoms with Crippen molar-refractivity contribution in [1.29, 1.82) is 0 Å². The summed E-state index contributed by atoms with van der Waals surface area (Å²) in [6.07, 6.45) is -0.594. The molecule has 1 aromatic heterocycles. The van der Waals surface area contributed by atoms with Crippen LogP contribution in [0.2, 0.25) is 5.02 Å². The molecular formula is C15H14ClN3O3S. The second kappa shape index (κ2) is 5.52. The van der Waals surface area contributed by atoms with E-state index in [1.165, 1.54) is 0 Å². The van der Waals surface area contributed by atoms with Gasteiger partial charge < -0.3 is 14.0 Å². The number of rotatable bonds is 2. The van der Waals surface area contributed by atoms with Crippen LogP contribution in [0.5, 0.6) is 0 Å². The number of hydrogen-bond acceptors (Lipinski definition) is 5. The first-order valence-electron chi connectivity index (χ1n) is 7.26. The highest BCUT2D eigenvalue weighted by atomic mass is 35.5. The number of halogens is 1. The van der Waals surface area contributed by atoms with Gasteiger partial charge in [0.1, 0.15) is 6.10 Å². The van der Waals surface area contributed by atoms with E-state index in [0.29, 0.717) is 22.8 Å². The number of ketones is 1. The Morgan fingerprint density at radius 3 is 2.83 bits per heavy atom. The van der Waals surface area contributed by atoms with Crippen LogP contribution < -0.4 is 0 Å². The zero-order valence-electron chi connectivity index (χ0n) is 12.3. The SMILES string of the molecule is Cn1c(-c2ccc(Cl)cc2)nn([C@H]2CC(=O)[C@@H]3OC[C@H]2O3)c1=S. The summed E-state index contributed by atoms with van der Waals surface area (Å²) in [5, 5.41) is 5.29. The van der Waals surface area contributed by atoms with E-state index in [1.807, 2.05) is 35.9 Å². The van der Waals surface area contributed by atoms with Crippen molar-refractivity contribution in [3.8, 4) is 11.4 Å². The summed E-state index contributed by atoms with van der Waals surface area (Å²) in [5.74, 6) is 0.657. The molecule has 2 aliphatic heterocycles. The van der Waals surface area contributed by atoms with E-state index in [-0.39, 0.29) is 17.9 Å². The third-order valence-electron chi connectivity index (χ3n) is 4.23. The second-order valence-electron chi connectivity index (χ2n) is 5.69. The Balaban J connectivity index is 1.76. The predicted molar refractivity (Wildman–Crippen MR) is 85.8 cm³/mol. The number of aromatic nitrogens is 3. The number of nitrogens with zero attached hydrogens (tertiary/aromatic N) is 3. The van der Waals surface area contributed by atoms with Gasteiger partial charge in [-0.15, -0.1) is 0 Å². The molecule has 8 heteroatoms. The lowest BCUT2D eigenvalue weighted by Gasteiger charge is -2.26. The standard InChI is InChI=1S/C15H14ClN3O3S/c1-18-13(8-2-4-9(16)5-3-8)17-19(15(18)23)10-6-11(20)14-21-7-12(10)22-14/h2-5,10,12,14H,6-7H2,1H3/t10-,12+,14+/m0/s1. The fourth-order valence-corrected chi connectivity index (χ4v) is 3.38. The average molecular weight is 352 g/mol. The highest BCUT2D eigenvalue weighted by Gasteiger charge is 2.45. The fourth-order valence-electron chi connectivity index (χ4n) is 2.99. The molecular weight excluding hydrogens is 338 g/mol. The number of fused-ring (bicyclic) bond motifs is 2. The van der Waals surface area contributed by atoms with E-state index >= 15 is 0 Å². The number of carbonyl (C=O) groups excluding carboxylic acids is 1. The van der Waals surface area contributed by atoms with Gasteiger partial charge in [0.25, 0.3) is 0 Å². The highest BCUT2D eigenvalue weighted by molar-refractivity contribution is 7.71. The van der Waals surface area contributed by atoms with E-state index in [4.69, 9.17) is 33.3 Å². The van der Waals surface area contributed by atoms with Crippen molar-refractivity contribution in [2.24, 2.45) is 7.05 Å². The quantitative estimate of drug-likeness (QED) is 0.778. The van der Waals surface area contributed by atoms with E-state index in [1.54, 1.807) is 4.68 Å². The number of carbonyl (C=O) groups is 1. The summed E-state index contributed by atoms with van der Waals surface area (Å²) in [6.45, 7) is 0.385. The molecule has 0 N–H and O–H groups in total. The Morgan fingerprint density at radius 2 is 2.09 bits per heavy atom. The third-order valence-corrected chi connectivity index (χ3v) is 4.95. The molecule has 4 rings (SSSR count). The molecule has 2 aliphatic rings. The van der Waals surface area contributed by atoms with Crippen LogP contribution >= 0.6 is 23.8 Å². The number of hydrogen-bond donors (Lipinski definition) is 0. The molecule has 120 valence electrons. The Bertz CT molecular complexity index is 829. The maximum Gasteiger partial charge on any atom is 0.218 e. The smallest absolute Gasteiger partial charge is 0.218 e. The van der Waals surface area contributed by atoms with Crippen LogP contribution in [-0.4, -0.2) is 39.1 Å². The number of ether oxygens (including phenoxy) is 2. The van der Waals surface area contributed by atoms with Crippen LogP contribution in [0.15, 0.2) is 24.3 Å². The van der Waals surface area contributed by atoms with Gasteiger partial charge in [0.05, 0.1) is 12.6 Å². The molecule has 2 fully saturated rings. The van der Waals surface area contributed by atoms with Gasteiger partial charge in [0, 0.05) is 24.1 Å². The molecule has 0 aliphatic carbocycles. The summed E-state index contributed by atoms with van der Waals surface area (Å²) in [6, 6.07) is 7.16. The lowest BCUT2D eigenvalue weighted by atomic mass is 10.0. The van der Waals surface area contributed by atoms with Gasteiger partial charge in [-0.3, -0.25) is 4.79 Å². The van der Waals surface area contributed by atoms with Crippen LogP contribution in [0.4, 0.5) is 0 Å². The van der Waals surface area contributed by atoms with Crippen LogP contribution in [0.1, 0.15) is 12.5 Å². The molecule has 6 nitrogen and oxygen atoms in total. The van der Waals surface area contributed by atoms with Crippen molar-refractivity contribution < 1.29 is 14.3 Å². The second-order valence-corrected chi connectivity index (χ2v) is 6.50. The molecule has 0 unspecified atom stereocenters. The third kappa shape index (κ3) is 2.44. The summed E-state index contributed by atoms with van der Waals surface area (Å²) >= 11 is 11.4. The Kier molecular flexibility index (Phi) is 3.60. The molecule has 2 aromatic rings. The van der Waals surface area contributed by atoms with Crippen LogP contribution in [0.25, 0.3) is 11.4 Å². The van der Waals surface area contributed by atoms with Crippen molar-refractivity contribution in [3.05, 3.63) is 34.1 Å². The monoisotopic (exact) mass is 351 g/mol. The summed E-state index contributed by atoms with van der Waals surface area (Å²) in [5.41, 5.74) is 0.908. The fraction of sp³-hybridized carbons (Fsp3) is 0.400.